The monoisotopic (exact) mass is 191 g/mol. The summed E-state index contributed by atoms with van der Waals surface area (Å²) in [5.41, 5.74) is 7.52. The highest BCUT2D eigenvalue weighted by molar-refractivity contribution is 5.78. The molecular weight excluding hydrogens is 182 g/mol. The predicted molar refractivity (Wildman–Crippen MR) is 53.0 cm³/mol. The minimum absolute atomic E-state index is 0.0312. The van der Waals surface area contributed by atoms with Gasteiger partial charge in [0, 0.05) is 11.3 Å². The molecule has 72 valence electrons. The second kappa shape index (κ2) is 3.02. The summed E-state index contributed by atoms with van der Waals surface area (Å²) in [6.45, 7) is 0.176. The summed E-state index contributed by atoms with van der Waals surface area (Å²) in [5, 5.41) is 13.5. The molecule has 0 unspecified atom stereocenters. The number of anilines is 1. The molecule has 0 saturated heterocycles. The maximum Gasteiger partial charge on any atom is 0.288 e. The Labute approximate surface area is 80.4 Å². The number of fused-ring (bicyclic) bond motifs is 1. The molecule has 0 spiro atoms. The van der Waals surface area contributed by atoms with Crippen molar-refractivity contribution in [3.63, 3.8) is 0 Å². The fourth-order valence-electron chi connectivity index (χ4n) is 1.46. The van der Waals surface area contributed by atoms with Crippen LogP contribution in [0.1, 0.15) is 5.56 Å². The van der Waals surface area contributed by atoms with E-state index in [1.165, 1.54) is 0 Å². The fourth-order valence-corrected chi connectivity index (χ4v) is 1.46. The van der Waals surface area contributed by atoms with E-state index >= 15 is 0 Å². The van der Waals surface area contributed by atoms with E-state index in [-0.39, 0.29) is 17.9 Å². The first-order chi connectivity index (χ1) is 6.70. The molecule has 0 radical (unpaired) electrons. The van der Waals surface area contributed by atoms with Crippen LogP contribution in [-0.2, 0) is 0 Å². The number of hydrogen-bond donors (Lipinski definition) is 2. The largest absolute Gasteiger partial charge is 0.393 e. The summed E-state index contributed by atoms with van der Waals surface area (Å²) in [7, 11) is 0. The van der Waals surface area contributed by atoms with Gasteiger partial charge in [0.25, 0.3) is 5.70 Å². The van der Waals surface area contributed by atoms with E-state index < -0.39 is 4.92 Å². The SMILES string of the molecule is NC1=C([N+](=O)[O-])CNc2ccccc21. The molecule has 0 aromatic heterocycles. The summed E-state index contributed by atoms with van der Waals surface area (Å²) in [5.74, 6) is 0. The van der Waals surface area contributed by atoms with Crippen LogP contribution in [0.2, 0.25) is 0 Å². The highest BCUT2D eigenvalue weighted by Gasteiger charge is 2.23. The number of nitro groups is 1. The van der Waals surface area contributed by atoms with Gasteiger partial charge >= 0.3 is 0 Å². The molecule has 0 atom stereocenters. The molecular formula is C9H9N3O2. The topological polar surface area (TPSA) is 81.2 Å². The molecule has 0 aliphatic carbocycles. The van der Waals surface area contributed by atoms with Crippen LogP contribution in [0.4, 0.5) is 5.69 Å². The lowest BCUT2D eigenvalue weighted by molar-refractivity contribution is -0.424. The highest BCUT2D eigenvalue weighted by atomic mass is 16.6. The quantitative estimate of drug-likeness (QED) is 0.512. The number of hydrogen-bond acceptors (Lipinski definition) is 4. The zero-order valence-electron chi connectivity index (χ0n) is 7.36. The van der Waals surface area contributed by atoms with Gasteiger partial charge < -0.3 is 11.1 Å². The van der Waals surface area contributed by atoms with Gasteiger partial charge in [-0.05, 0) is 6.07 Å². The van der Waals surface area contributed by atoms with Crippen molar-refractivity contribution in [2.45, 2.75) is 0 Å². The third kappa shape index (κ3) is 1.19. The Balaban J connectivity index is 2.56. The van der Waals surface area contributed by atoms with Gasteiger partial charge in [0.2, 0.25) is 0 Å². The van der Waals surface area contributed by atoms with Gasteiger partial charge in [0.1, 0.15) is 12.2 Å². The number of para-hydroxylation sites is 1. The third-order valence-electron chi connectivity index (χ3n) is 2.19. The zero-order chi connectivity index (χ0) is 10.1. The van der Waals surface area contributed by atoms with E-state index in [9.17, 15) is 10.1 Å². The van der Waals surface area contributed by atoms with Crippen molar-refractivity contribution in [2.75, 3.05) is 11.9 Å². The van der Waals surface area contributed by atoms with Crippen molar-refractivity contribution in [1.82, 2.24) is 0 Å². The molecule has 5 heteroatoms. The molecule has 0 fully saturated rings. The normalized spacial score (nSPS) is 14.6. The molecule has 1 heterocycles. The maximum atomic E-state index is 10.6. The van der Waals surface area contributed by atoms with E-state index in [2.05, 4.69) is 5.32 Å². The lowest BCUT2D eigenvalue weighted by Crippen LogP contribution is -2.22. The fraction of sp³-hybridized carbons (Fsp3) is 0.111. The Morgan fingerprint density at radius 1 is 1.43 bits per heavy atom. The Bertz CT molecular complexity index is 426. The number of nitrogens with one attached hydrogen (secondary N) is 1. The minimum atomic E-state index is -0.446. The van der Waals surface area contributed by atoms with Crippen LogP contribution >= 0.6 is 0 Å². The van der Waals surface area contributed by atoms with Crippen molar-refractivity contribution in [1.29, 1.82) is 0 Å². The van der Waals surface area contributed by atoms with E-state index in [4.69, 9.17) is 5.73 Å². The van der Waals surface area contributed by atoms with Crippen molar-refractivity contribution in [3.05, 3.63) is 45.6 Å². The Hall–Kier alpha value is -2.04. The predicted octanol–water partition coefficient (Wildman–Crippen LogP) is 1.02. The second-order valence-electron chi connectivity index (χ2n) is 3.02. The Morgan fingerprint density at radius 2 is 2.14 bits per heavy atom. The molecule has 2 rings (SSSR count). The van der Waals surface area contributed by atoms with E-state index in [0.717, 1.165) is 5.69 Å². The molecule has 3 N–H and O–H groups in total. The maximum absolute atomic E-state index is 10.6. The Morgan fingerprint density at radius 3 is 2.86 bits per heavy atom. The molecule has 1 aliphatic rings. The molecule has 1 aromatic carbocycles. The van der Waals surface area contributed by atoms with Gasteiger partial charge in [0.15, 0.2) is 0 Å². The number of rotatable bonds is 1. The van der Waals surface area contributed by atoms with Gasteiger partial charge in [-0.1, -0.05) is 18.2 Å². The van der Waals surface area contributed by atoms with Gasteiger partial charge in [-0.2, -0.15) is 0 Å². The number of nitrogens with two attached hydrogens (primary N) is 1. The molecule has 14 heavy (non-hydrogen) atoms. The third-order valence-corrected chi connectivity index (χ3v) is 2.19. The van der Waals surface area contributed by atoms with Gasteiger partial charge in [-0.3, -0.25) is 10.1 Å². The van der Waals surface area contributed by atoms with E-state index in [1.54, 1.807) is 12.1 Å². The van der Waals surface area contributed by atoms with E-state index in [0.29, 0.717) is 5.56 Å². The van der Waals surface area contributed by atoms with Crippen LogP contribution in [0.15, 0.2) is 30.0 Å². The minimum Gasteiger partial charge on any atom is -0.393 e. The molecule has 1 aromatic rings. The van der Waals surface area contributed by atoms with Crippen molar-refractivity contribution >= 4 is 11.4 Å². The zero-order valence-corrected chi connectivity index (χ0v) is 7.36. The summed E-state index contributed by atoms with van der Waals surface area (Å²) in [4.78, 5) is 10.2. The molecule has 0 saturated carbocycles. The van der Waals surface area contributed by atoms with Crippen LogP contribution in [0.5, 0.6) is 0 Å². The lowest BCUT2D eigenvalue weighted by Gasteiger charge is -2.16. The van der Waals surface area contributed by atoms with Gasteiger partial charge in [-0.15, -0.1) is 0 Å². The molecule has 1 aliphatic heterocycles. The van der Waals surface area contributed by atoms with Crippen LogP contribution < -0.4 is 11.1 Å². The first-order valence-electron chi connectivity index (χ1n) is 4.16. The summed E-state index contributed by atoms with van der Waals surface area (Å²) >= 11 is 0. The smallest absolute Gasteiger partial charge is 0.288 e. The van der Waals surface area contributed by atoms with Crippen LogP contribution in [0.25, 0.3) is 5.70 Å². The number of nitrogens with zero attached hydrogens (tertiary/aromatic N) is 1. The standard InChI is InChI=1S/C9H9N3O2/c10-9-6-3-1-2-4-7(6)11-5-8(9)12(13)14/h1-4,11H,5,10H2. The number of benzene rings is 1. The molecule has 0 bridgehead atoms. The van der Waals surface area contributed by atoms with Crippen LogP contribution in [0.3, 0.4) is 0 Å². The first kappa shape index (κ1) is 8.55. The highest BCUT2D eigenvalue weighted by Crippen LogP contribution is 2.27. The average molecular weight is 191 g/mol. The van der Waals surface area contributed by atoms with Crippen molar-refractivity contribution in [2.24, 2.45) is 5.73 Å². The van der Waals surface area contributed by atoms with E-state index in [1.807, 2.05) is 12.1 Å². The van der Waals surface area contributed by atoms with Crippen LogP contribution in [0, 0.1) is 10.1 Å². The molecule has 5 nitrogen and oxygen atoms in total. The Kier molecular flexibility index (Phi) is 1.85. The summed E-state index contributed by atoms with van der Waals surface area (Å²) in [6, 6.07) is 7.27. The summed E-state index contributed by atoms with van der Waals surface area (Å²) in [6.07, 6.45) is 0. The van der Waals surface area contributed by atoms with Crippen molar-refractivity contribution < 1.29 is 4.92 Å². The van der Waals surface area contributed by atoms with Crippen LogP contribution in [-0.4, -0.2) is 11.5 Å². The lowest BCUT2D eigenvalue weighted by atomic mass is 10.1. The molecule has 0 amide bonds. The average Bonchev–Trinajstić information content (AvgIpc) is 2.18. The first-order valence-corrected chi connectivity index (χ1v) is 4.16. The second-order valence-corrected chi connectivity index (χ2v) is 3.02. The van der Waals surface area contributed by atoms with Gasteiger partial charge in [0.05, 0.1) is 4.92 Å². The van der Waals surface area contributed by atoms with Crippen molar-refractivity contribution in [3.8, 4) is 0 Å². The summed E-state index contributed by atoms with van der Waals surface area (Å²) < 4.78 is 0. The van der Waals surface area contributed by atoms with Gasteiger partial charge in [-0.25, -0.2) is 0 Å².